The Labute approximate surface area is 146 Å². The quantitative estimate of drug-likeness (QED) is 0.608. The molecule has 2 rings (SSSR count). The molecule has 0 unspecified atom stereocenters. The number of pyridine rings is 1. The van der Waals surface area contributed by atoms with E-state index in [9.17, 15) is 4.79 Å². The molecule has 134 valence electrons. The van der Waals surface area contributed by atoms with Gasteiger partial charge in [0.1, 0.15) is 0 Å². The van der Waals surface area contributed by atoms with Crippen LogP contribution >= 0.6 is 0 Å². The molecule has 1 amide bonds. The number of amides is 1. The SMILES string of the molecule is CCCCCOC(=O)N1CCC(CCCCc2ccncc2)CC1. The van der Waals surface area contributed by atoms with Gasteiger partial charge < -0.3 is 9.64 Å². The van der Waals surface area contributed by atoms with E-state index in [2.05, 4.69) is 24.0 Å². The number of aromatic nitrogens is 1. The van der Waals surface area contributed by atoms with Crippen LogP contribution in [0.2, 0.25) is 0 Å². The fourth-order valence-electron chi connectivity index (χ4n) is 3.32. The molecule has 1 saturated heterocycles. The molecule has 0 bridgehead atoms. The summed E-state index contributed by atoms with van der Waals surface area (Å²) in [5, 5.41) is 0. The number of carbonyl (C=O) groups excluding carboxylic acids is 1. The third kappa shape index (κ3) is 6.90. The lowest BCUT2D eigenvalue weighted by molar-refractivity contribution is 0.0853. The first-order valence-corrected chi connectivity index (χ1v) is 9.60. The number of hydrogen-bond acceptors (Lipinski definition) is 3. The number of ether oxygens (including phenoxy) is 1. The molecule has 0 saturated carbocycles. The smallest absolute Gasteiger partial charge is 0.409 e. The van der Waals surface area contributed by atoms with Crippen molar-refractivity contribution in [2.45, 2.75) is 64.7 Å². The molecule has 1 aliphatic heterocycles. The molecule has 0 atom stereocenters. The van der Waals surface area contributed by atoms with Gasteiger partial charge in [0, 0.05) is 25.5 Å². The van der Waals surface area contributed by atoms with Gasteiger partial charge >= 0.3 is 6.09 Å². The Kier molecular flexibility index (Phi) is 8.64. The van der Waals surface area contributed by atoms with Crippen LogP contribution in [0.5, 0.6) is 0 Å². The number of piperidine rings is 1. The number of unbranched alkanes of at least 4 members (excludes halogenated alkanes) is 3. The Balaban J connectivity index is 1.53. The fraction of sp³-hybridized carbons (Fsp3) is 0.700. The van der Waals surface area contributed by atoms with Crippen LogP contribution in [0.1, 0.15) is 63.9 Å². The van der Waals surface area contributed by atoms with E-state index >= 15 is 0 Å². The lowest BCUT2D eigenvalue weighted by Crippen LogP contribution is -2.38. The Bertz CT molecular complexity index is 456. The molecule has 4 nitrogen and oxygen atoms in total. The minimum Gasteiger partial charge on any atom is -0.449 e. The molecule has 0 N–H and O–H groups in total. The van der Waals surface area contributed by atoms with E-state index in [1.165, 1.54) is 24.8 Å². The largest absolute Gasteiger partial charge is 0.449 e. The zero-order valence-electron chi connectivity index (χ0n) is 15.1. The maximum Gasteiger partial charge on any atom is 0.409 e. The Morgan fingerprint density at radius 1 is 1.17 bits per heavy atom. The van der Waals surface area contributed by atoms with Crippen LogP contribution in [0.4, 0.5) is 4.79 Å². The Morgan fingerprint density at radius 3 is 2.62 bits per heavy atom. The van der Waals surface area contributed by atoms with E-state index < -0.39 is 0 Å². The molecule has 24 heavy (non-hydrogen) atoms. The summed E-state index contributed by atoms with van der Waals surface area (Å²) in [6.07, 6.45) is 14.1. The number of hydrogen-bond donors (Lipinski definition) is 0. The third-order valence-electron chi connectivity index (χ3n) is 4.92. The number of carbonyl (C=O) groups is 1. The third-order valence-corrected chi connectivity index (χ3v) is 4.92. The first-order chi connectivity index (χ1) is 11.8. The summed E-state index contributed by atoms with van der Waals surface area (Å²) in [7, 11) is 0. The average molecular weight is 332 g/mol. The normalized spacial score (nSPS) is 15.5. The van der Waals surface area contributed by atoms with E-state index in [1.54, 1.807) is 0 Å². The zero-order chi connectivity index (χ0) is 17.0. The summed E-state index contributed by atoms with van der Waals surface area (Å²) in [6.45, 7) is 4.45. The van der Waals surface area contributed by atoms with Gasteiger partial charge in [-0.05, 0) is 55.7 Å². The van der Waals surface area contributed by atoms with E-state index in [4.69, 9.17) is 4.74 Å². The number of rotatable bonds is 9. The lowest BCUT2D eigenvalue weighted by atomic mass is 9.91. The summed E-state index contributed by atoms with van der Waals surface area (Å²) >= 11 is 0. The maximum atomic E-state index is 12.0. The predicted octanol–water partition coefficient (Wildman–Crippen LogP) is 4.83. The second-order valence-electron chi connectivity index (χ2n) is 6.85. The topological polar surface area (TPSA) is 42.4 Å². The molecule has 0 spiro atoms. The Hall–Kier alpha value is -1.58. The minimum absolute atomic E-state index is 0.109. The van der Waals surface area contributed by atoms with Crippen molar-refractivity contribution < 1.29 is 9.53 Å². The van der Waals surface area contributed by atoms with Gasteiger partial charge in [0.15, 0.2) is 0 Å². The average Bonchev–Trinajstić information content (AvgIpc) is 2.63. The number of aryl methyl sites for hydroxylation is 1. The molecule has 2 heterocycles. The van der Waals surface area contributed by atoms with Crippen molar-refractivity contribution >= 4 is 6.09 Å². The van der Waals surface area contributed by atoms with Crippen molar-refractivity contribution in [3.8, 4) is 0 Å². The van der Waals surface area contributed by atoms with E-state index in [-0.39, 0.29) is 6.09 Å². The monoisotopic (exact) mass is 332 g/mol. The van der Waals surface area contributed by atoms with Crippen molar-refractivity contribution in [3.05, 3.63) is 30.1 Å². The highest BCUT2D eigenvalue weighted by Crippen LogP contribution is 2.23. The lowest BCUT2D eigenvalue weighted by Gasteiger charge is -2.31. The maximum absolute atomic E-state index is 12.0. The second kappa shape index (κ2) is 11.1. The van der Waals surface area contributed by atoms with Gasteiger partial charge in [-0.3, -0.25) is 4.98 Å². The summed E-state index contributed by atoms with van der Waals surface area (Å²) in [5.41, 5.74) is 1.38. The molecule has 4 heteroatoms. The van der Waals surface area contributed by atoms with Gasteiger partial charge in [-0.15, -0.1) is 0 Å². The molecular formula is C20H32N2O2. The highest BCUT2D eigenvalue weighted by molar-refractivity contribution is 5.67. The van der Waals surface area contributed by atoms with Crippen LogP contribution in [0.25, 0.3) is 0 Å². The number of nitrogens with zero attached hydrogens (tertiary/aromatic N) is 2. The van der Waals surface area contributed by atoms with Gasteiger partial charge in [-0.1, -0.05) is 32.6 Å². The van der Waals surface area contributed by atoms with Crippen LogP contribution in [-0.4, -0.2) is 35.7 Å². The predicted molar refractivity (Wildman–Crippen MR) is 97.0 cm³/mol. The van der Waals surface area contributed by atoms with E-state index in [1.807, 2.05) is 17.3 Å². The van der Waals surface area contributed by atoms with Gasteiger partial charge in [0.05, 0.1) is 6.61 Å². The van der Waals surface area contributed by atoms with Gasteiger partial charge in [-0.25, -0.2) is 4.79 Å². The van der Waals surface area contributed by atoms with Crippen LogP contribution in [0.3, 0.4) is 0 Å². The van der Waals surface area contributed by atoms with Gasteiger partial charge in [0.2, 0.25) is 0 Å². The Morgan fingerprint density at radius 2 is 1.92 bits per heavy atom. The summed E-state index contributed by atoms with van der Waals surface area (Å²) in [5.74, 6) is 0.770. The summed E-state index contributed by atoms with van der Waals surface area (Å²) in [4.78, 5) is 17.9. The number of likely N-dealkylation sites (tertiary alicyclic amines) is 1. The van der Waals surface area contributed by atoms with E-state index in [0.717, 1.165) is 57.5 Å². The molecule has 0 radical (unpaired) electrons. The molecule has 1 aromatic rings. The molecule has 0 aromatic carbocycles. The first-order valence-electron chi connectivity index (χ1n) is 9.60. The first kappa shape index (κ1) is 18.8. The van der Waals surface area contributed by atoms with Crippen molar-refractivity contribution in [2.24, 2.45) is 5.92 Å². The highest BCUT2D eigenvalue weighted by atomic mass is 16.6. The van der Waals surface area contributed by atoms with Crippen molar-refractivity contribution in [1.82, 2.24) is 9.88 Å². The highest BCUT2D eigenvalue weighted by Gasteiger charge is 2.23. The van der Waals surface area contributed by atoms with Crippen molar-refractivity contribution in [3.63, 3.8) is 0 Å². The molecule has 1 aliphatic rings. The standard InChI is InChI=1S/C20H32N2O2/c1-2-3-6-17-24-20(23)22-15-11-19(12-16-22)8-5-4-7-18-9-13-21-14-10-18/h9-10,13-14,19H,2-8,11-12,15-17H2,1H3. The fourth-order valence-corrected chi connectivity index (χ4v) is 3.32. The van der Waals surface area contributed by atoms with E-state index in [0.29, 0.717) is 6.61 Å². The second-order valence-corrected chi connectivity index (χ2v) is 6.85. The van der Waals surface area contributed by atoms with Crippen LogP contribution in [0, 0.1) is 5.92 Å². The molecule has 0 aliphatic carbocycles. The van der Waals surface area contributed by atoms with Crippen LogP contribution < -0.4 is 0 Å². The molecule has 1 fully saturated rings. The van der Waals surface area contributed by atoms with Gasteiger partial charge in [0.25, 0.3) is 0 Å². The minimum atomic E-state index is -0.109. The van der Waals surface area contributed by atoms with Crippen LogP contribution in [-0.2, 0) is 11.2 Å². The molecule has 1 aromatic heterocycles. The van der Waals surface area contributed by atoms with Crippen molar-refractivity contribution in [2.75, 3.05) is 19.7 Å². The van der Waals surface area contributed by atoms with Gasteiger partial charge in [-0.2, -0.15) is 0 Å². The zero-order valence-corrected chi connectivity index (χ0v) is 15.1. The van der Waals surface area contributed by atoms with Crippen LogP contribution in [0.15, 0.2) is 24.5 Å². The van der Waals surface area contributed by atoms with Crippen molar-refractivity contribution in [1.29, 1.82) is 0 Å². The summed E-state index contributed by atoms with van der Waals surface area (Å²) in [6, 6.07) is 4.20. The summed E-state index contributed by atoms with van der Waals surface area (Å²) < 4.78 is 5.35. The molecular weight excluding hydrogens is 300 g/mol.